The van der Waals surface area contributed by atoms with Crippen molar-refractivity contribution in [1.82, 2.24) is 5.32 Å². The number of sulfone groups is 1. The second-order valence-electron chi connectivity index (χ2n) is 4.26. The van der Waals surface area contributed by atoms with Crippen LogP contribution >= 0.6 is 0 Å². The van der Waals surface area contributed by atoms with Crippen LogP contribution in [0, 0.1) is 0 Å². The van der Waals surface area contributed by atoms with Crippen molar-refractivity contribution in [2.45, 2.75) is 37.6 Å². The van der Waals surface area contributed by atoms with E-state index in [-0.39, 0.29) is 0 Å². The third-order valence-electron chi connectivity index (χ3n) is 2.76. The first-order valence-electron chi connectivity index (χ1n) is 6.02. The molecular weight excluding hydrogens is 234 g/mol. The van der Waals surface area contributed by atoms with Crippen LogP contribution in [0.2, 0.25) is 0 Å². The number of hydrogen-bond acceptors (Lipinski definition) is 3. The van der Waals surface area contributed by atoms with Gasteiger partial charge in [-0.3, -0.25) is 0 Å². The predicted octanol–water partition coefficient (Wildman–Crippen LogP) is 2.54. The molecule has 0 heterocycles. The van der Waals surface area contributed by atoms with Crippen molar-refractivity contribution in [3.05, 3.63) is 29.8 Å². The van der Waals surface area contributed by atoms with E-state index in [0.717, 1.165) is 24.9 Å². The van der Waals surface area contributed by atoms with Crippen LogP contribution in [0.1, 0.15) is 38.3 Å². The molecule has 0 spiro atoms. The van der Waals surface area contributed by atoms with Gasteiger partial charge in [-0.25, -0.2) is 8.42 Å². The molecule has 1 aromatic carbocycles. The highest BCUT2D eigenvalue weighted by Crippen LogP contribution is 2.19. The molecule has 0 aliphatic carbocycles. The van der Waals surface area contributed by atoms with E-state index in [0.29, 0.717) is 10.9 Å². The number of nitrogens with one attached hydrogen (secondary N) is 1. The summed E-state index contributed by atoms with van der Waals surface area (Å²) in [7, 11) is -3.09. The first-order valence-corrected chi connectivity index (χ1v) is 7.91. The van der Waals surface area contributed by atoms with Gasteiger partial charge in [0.15, 0.2) is 9.84 Å². The summed E-state index contributed by atoms with van der Waals surface area (Å²) in [4.78, 5) is 0.381. The van der Waals surface area contributed by atoms with Gasteiger partial charge in [0, 0.05) is 12.3 Å². The smallest absolute Gasteiger partial charge is 0.175 e. The van der Waals surface area contributed by atoms with Gasteiger partial charge in [-0.05, 0) is 37.1 Å². The summed E-state index contributed by atoms with van der Waals surface area (Å²) in [6, 6.07) is 7.46. The molecule has 0 aliphatic heterocycles. The lowest BCUT2D eigenvalue weighted by molar-refractivity contribution is 0.518. The minimum Gasteiger partial charge on any atom is -0.310 e. The quantitative estimate of drug-likeness (QED) is 0.849. The SMILES string of the molecule is CCCNC(CC)c1ccc(S(C)(=O)=O)cc1. The Bertz CT molecular complexity index is 437. The molecule has 0 aliphatic rings. The molecule has 4 heteroatoms. The molecule has 96 valence electrons. The van der Waals surface area contributed by atoms with Gasteiger partial charge in [-0.1, -0.05) is 26.0 Å². The molecule has 0 saturated carbocycles. The maximum atomic E-state index is 11.3. The average molecular weight is 255 g/mol. The van der Waals surface area contributed by atoms with E-state index < -0.39 is 9.84 Å². The van der Waals surface area contributed by atoms with Gasteiger partial charge in [0.25, 0.3) is 0 Å². The Kier molecular flexibility index (Phi) is 5.15. The first-order chi connectivity index (χ1) is 7.99. The molecule has 0 fully saturated rings. The van der Waals surface area contributed by atoms with Crippen molar-refractivity contribution < 1.29 is 8.42 Å². The largest absolute Gasteiger partial charge is 0.310 e. The monoisotopic (exact) mass is 255 g/mol. The Labute approximate surface area is 104 Å². The van der Waals surface area contributed by atoms with Gasteiger partial charge in [0.05, 0.1) is 4.90 Å². The lowest BCUT2D eigenvalue weighted by Crippen LogP contribution is -2.21. The van der Waals surface area contributed by atoms with Crippen molar-refractivity contribution in [3.8, 4) is 0 Å². The van der Waals surface area contributed by atoms with Crippen LogP contribution in [0.5, 0.6) is 0 Å². The molecule has 1 rings (SSSR count). The summed E-state index contributed by atoms with van der Waals surface area (Å²) in [5, 5.41) is 3.44. The van der Waals surface area contributed by atoms with Crippen LogP contribution < -0.4 is 5.32 Å². The van der Waals surface area contributed by atoms with E-state index in [1.54, 1.807) is 12.1 Å². The Morgan fingerprint density at radius 3 is 2.18 bits per heavy atom. The fourth-order valence-corrected chi connectivity index (χ4v) is 2.39. The summed E-state index contributed by atoms with van der Waals surface area (Å²) in [5.74, 6) is 0. The van der Waals surface area contributed by atoms with Crippen molar-refractivity contribution >= 4 is 9.84 Å². The van der Waals surface area contributed by atoms with Crippen molar-refractivity contribution in [2.75, 3.05) is 12.8 Å². The molecule has 0 saturated heterocycles. The number of hydrogen-bond donors (Lipinski definition) is 1. The summed E-state index contributed by atoms with van der Waals surface area (Å²) in [5.41, 5.74) is 1.15. The second-order valence-corrected chi connectivity index (χ2v) is 6.27. The van der Waals surface area contributed by atoms with E-state index in [9.17, 15) is 8.42 Å². The topological polar surface area (TPSA) is 46.2 Å². The summed E-state index contributed by atoms with van der Waals surface area (Å²) < 4.78 is 22.7. The average Bonchev–Trinajstić information content (AvgIpc) is 2.29. The van der Waals surface area contributed by atoms with E-state index >= 15 is 0 Å². The highest BCUT2D eigenvalue weighted by atomic mass is 32.2. The van der Waals surface area contributed by atoms with Gasteiger partial charge in [0.1, 0.15) is 0 Å². The summed E-state index contributed by atoms with van der Waals surface area (Å²) >= 11 is 0. The Hall–Kier alpha value is -0.870. The Morgan fingerprint density at radius 2 is 1.76 bits per heavy atom. The van der Waals surface area contributed by atoms with Crippen molar-refractivity contribution in [1.29, 1.82) is 0 Å². The van der Waals surface area contributed by atoms with E-state index in [4.69, 9.17) is 0 Å². The highest BCUT2D eigenvalue weighted by Gasteiger charge is 2.10. The van der Waals surface area contributed by atoms with Gasteiger partial charge in [-0.15, -0.1) is 0 Å². The van der Waals surface area contributed by atoms with Gasteiger partial charge >= 0.3 is 0 Å². The molecule has 1 unspecified atom stereocenters. The fraction of sp³-hybridized carbons (Fsp3) is 0.538. The third kappa shape index (κ3) is 4.13. The van der Waals surface area contributed by atoms with Gasteiger partial charge < -0.3 is 5.32 Å². The molecular formula is C13H21NO2S. The zero-order valence-corrected chi connectivity index (χ0v) is 11.5. The van der Waals surface area contributed by atoms with E-state index in [1.165, 1.54) is 6.26 Å². The molecule has 3 nitrogen and oxygen atoms in total. The van der Waals surface area contributed by atoms with Crippen LogP contribution in [0.4, 0.5) is 0 Å². The van der Waals surface area contributed by atoms with Crippen LogP contribution in [0.3, 0.4) is 0 Å². The lowest BCUT2D eigenvalue weighted by Gasteiger charge is -2.17. The third-order valence-corrected chi connectivity index (χ3v) is 3.89. The molecule has 0 bridgehead atoms. The molecule has 17 heavy (non-hydrogen) atoms. The summed E-state index contributed by atoms with van der Waals surface area (Å²) in [6.07, 6.45) is 3.32. The second kappa shape index (κ2) is 6.17. The van der Waals surface area contributed by atoms with E-state index in [1.807, 2.05) is 12.1 Å². The number of rotatable bonds is 6. The molecule has 1 aromatic rings. The maximum Gasteiger partial charge on any atom is 0.175 e. The fourth-order valence-electron chi connectivity index (χ4n) is 1.76. The van der Waals surface area contributed by atoms with Gasteiger partial charge in [0.2, 0.25) is 0 Å². The molecule has 0 radical (unpaired) electrons. The van der Waals surface area contributed by atoms with Gasteiger partial charge in [-0.2, -0.15) is 0 Å². The zero-order valence-electron chi connectivity index (χ0n) is 10.7. The van der Waals surface area contributed by atoms with Crippen LogP contribution in [0.25, 0.3) is 0 Å². The standard InChI is InChI=1S/C13H21NO2S/c1-4-10-14-13(5-2)11-6-8-12(9-7-11)17(3,15)16/h6-9,13-14H,4-5,10H2,1-3H3. The Balaban J connectivity index is 2.85. The predicted molar refractivity (Wildman–Crippen MR) is 70.9 cm³/mol. The van der Waals surface area contributed by atoms with Crippen molar-refractivity contribution in [3.63, 3.8) is 0 Å². The molecule has 1 atom stereocenters. The normalized spacial score (nSPS) is 13.6. The van der Waals surface area contributed by atoms with Crippen LogP contribution in [0.15, 0.2) is 29.2 Å². The lowest BCUT2D eigenvalue weighted by atomic mass is 10.0. The minimum atomic E-state index is -3.09. The van der Waals surface area contributed by atoms with E-state index in [2.05, 4.69) is 19.2 Å². The molecule has 1 N–H and O–H groups in total. The molecule has 0 amide bonds. The number of benzene rings is 1. The van der Waals surface area contributed by atoms with Crippen molar-refractivity contribution in [2.24, 2.45) is 0 Å². The summed E-state index contributed by atoms with van der Waals surface area (Å²) in [6.45, 7) is 5.23. The molecule has 0 aromatic heterocycles. The minimum absolute atomic E-state index is 0.309. The van der Waals surface area contributed by atoms with Crippen LogP contribution in [-0.2, 0) is 9.84 Å². The Morgan fingerprint density at radius 1 is 1.18 bits per heavy atom. The highest BCUT2D eigenvalue weighted by molar-refractivity contribution is 7.90. The maximum absolute atomic E-state index is 11.3. The zero-order chi connectivity index (χ0) is 12.9. The van der Waals surface area contributed by atoms with Crippen LogP contribution in [-0.4, -0.2) is 21.2 Å². The first kappa shape index (κ1) is 14.2.